The summed E-state index contributed by atoms with van der Waals surface area (Å²) in [5.41, 5.74) is 3.63. The standard InChI is InChI=1S/C20H21N5O3/c1-20(2,3)11-14-13-8-7-12(10-16(13)28-24-14)22-18-17-15(6-5-9-21-17)25(23-18)19(26)27-4/h5-10H,11H2,1-4H3,(H,22,23). The zero-order valence-corrected chi connectivity index (χ0v) is 16.2. The van der Waals surface area contributed by atoms with Crippen LogP contribution in [0.25, 0.3) is 22.0 Å². The van der Waals surface area contributed by atoms with E-state index in [4.69, 9.17) is 9.26 Å². The number of nitrogens with zero attached hydrogens (tertiary/aromatic N) is 4. The summed E-state index contributed by atoms with van der Waals surface area (Å²) in [5.74, 6) is 0.454. The first-order valence-corrected chi connectivity index (χ1v) is 8.93. The number of methoxy groups -OCH3 is 1. The molecule has 144 valence electrons. The second-order valence-electron chi connectivity index (χ2n) is 7.80. The maximum absolute atomic E-state index is 12.0. The highest BCUT2D eigenvalue weighted by Crippen LogP contribution is 2.30. The lowest BCUT2D eigenvalue weighted by molar-refractivity contribution is 0.170. The first-order valence-electron chi connectivity index (χ1n) is 8.93. The fraction of sp³-hybridized carbons (Fsp3) is 0.300. The van der Waals surface area contributed by atoms with Gasteiger partial charge in [0.2, 0.25) is 0 Å². The molecule has 0 aliphatic heterocycles. The van der Waals surface area contributed by atoms with Crippen LogP contribution in [0.5, 0.6) is 0 Å². The highest BCUT2D eigenvalue weighted by atomic mass is 16.5. The van der Waals surface area contributed by atoms with E-state index in [1.165, 1.54) is 11.8 Å². The predicted molar refractivity (Wildman–Crippen MR) is 106 cm³/mol. The summed E-state index contributed by atoms with van der Waals surface area (Å²) in [5, 5.41) is 12.7. The van der Waals surface area contributed by atoms with Crippen LogP contribution in [0.4, 0.5) is 16.3 Å². The monoisotopic (exact) mass is 379 g/mol. The van der Waals surface area contributed by atoms with Gasteiger partial charge in [-0.25, -0.2) is 4.79 Å². The minimum atomic E-state index is -0.580. The second-order valence-corrected chi connectivity index (χ2v) is 7.80. The van der Waals surface area contributed by atoms with Crippen molar-refractivity contribution in [2.24, 2.45) is 5.41 Å². The number of carbonyl (C=O) groups is 1. The van der Waals surface area contributed by atoms with Gasteiger partial charge in [0.15, 0.2) is 11.4 Å². The van der Waals surface area contributed by atoms with Gasteiger partial charge < -0.3 is 14.6 Å². The molecular formula is C20H21N5O3. The summed E-state index contributed by atoms with van der Waals surface area (Å²) >= 11 is 0. The van der Waals surface area contributed by atoms with Crippen LogP contribution in [0.1, 0.15) is 26.5 Å². The van der Waals surface area contributed by atoms with Crippen LogP contribution in [0.3, 0.4) is 0 Å². The van der Waals surface area contributed by atoms with Crippen LogP contribution in [0.15, 0.2) is 41.1 Å². The zero-order chi connectivity index (χ0) is 19.9. The Kier molecular flexibility index (Phi) is 4.26. The highest BCUT2D eigenvalue weighted by Gasteiger charge is 2.19. The van der Waals surface area contributed by atoms with Gasteiger partial charge in [0.05, 0.1) is 12.8 Å². The van der Waals surface area contributed by atoms with Gasteiger partial charge in [0.1, 0.15) is 11.0 Å². The summed E-state index contributed by atoms with van der Waals surface area (Å²) in [4.78, 5) is 16.3. The van der Waals surface area contributed by atoms with E-state index in [1.807, 2.05) is 18.2 Å². The van der Waals surface area contributed by atoms with Gasteiger partial charge in [0, 0.05) is 23.3 Å². The van der Waals surface area contributed by atoms with E-state index in [9.17, 15) is 4.79 Å². The lowest BCUT2D eigenvalue weighted by Gasteiger charge is -2.15. The molecule has 0 amide bonds. The normalized spacial score (nSPS) is 11.9. The van der Waals surface area contributed by atoms with Gasteiger partial charge in [-0.05, 0) is 36.1 Å². The molecule has 1 N–H and O–H groups in total. The minimum absolute atomic E-state index is 0.117. The molecule has 8 nitrogen and oxygen atoms in total. The molecule has 0 fully saturated rings. The predicted octanol–water partition coefficient (Wildman–Crippen LogP) is 4.52. The van der Waals surface area contributed by atoms with Crippen LogP contribution in [-0.4, -0.2) is 33.1 Å². The van der Waals surface area contributed by atoms with Crippen LogP contribution in [0.2, 0.25) is 0 Å². The Morgan fingerprint density at radius 3 is 2.86 bits per heavy atom. The molecule has 0 aliphatic carbocycles. The average Bonchev–Trinajstić information content (AvgIpc) is 3.22. The molecule has 0 saturated heterocycles. The number of nitrogens with one attached hydrogen (secondary N) is 1. The Balaban J connectivity index is 1.70. The van der Waals surface area contributed by atoms with Crippen molar-refractivity contribution in [2.75, 3.05) is 12.4 Å². The molecule has 0 bridgehead atoms. The van der Waals surface area contributed by atoms with Gasteiger partial charge in [-0.2, -0.15) is 4.68 Å². The molecule has 4 rings (SSSR count). The Bertz CT molecular complexity index is 1170. The fourth-order valence-corrected chi connectivity index (χ4v) is 3.10. The largest absolute Gasteiger partial charge is 0.451 e. The van der Waals surface area contributed by atoms with Crippen LogP contribution >= 0.6 is 0 Å². The number of anilines is 2. The van der Waals surface area contributed by atoms with Crippen molar-refractivity contribution in [3.8, 4) is 0 Å². The van der Waals surface area contributed by atoms with Crippen LogP contribution < -0.4 is 5.32 Å². The fourth-order valence-electron chi connectivity index (χ4n) is 3.10. The third-order valence-electron chi connectivity index (χ3n) is 4.29. The minimum Gasteiger partial charge on any atom is -0.451 e. The van der Waals surface area contributed by atoms with Crippen molar-refractivity contribution >= 4 is 39.6 Å². The topological polar surface area (TPSA) is 95.1 Å². The molecule has 28 heavy (non-hydrogen) atoms. The number of benzene rings is 1. The number of ether oxygens (including phenoxy) is 1. The van der Waals surface area contributed by atoms with Gasteiger partial charge in [0.25, 0.3) is 0 Å². The first-order chi connectivity index (χ1) is 13.4. The zero-order valence-electron chi connectivity index (χ0n) is 16.2. The molecular weight excluding hydrogens is 358 g/mol. The summed E-state index contributed by atoms with van der Waals surface area (Å²) in [6.07, 6.45) is 1.89. The summed E-state index contributed by atoms with van der Waals surface area (Å²) < 4.78 is 11.5. The Labute approximate surface area is 161 Å². The summed E-state index contributed by atoms with van der Waals surface area (Å²) in [7, 11) is 1.31. The van der Waals surface area contributed by atoms with E-state index in [2.05, 4.69) is 41.3 Å². The van der Waals surface area contributed by atoms with Crippen molar-refractivity contribution < 1.29 is 14.1 Å². The Hall–Kier alpha value is -3.42. The molecule has 0 aliphatic rings. The number of pyridine rings is 1. The highest BCUT2D eigenvalue weighted by molar-refractivity contribution is 5.94. The van der Waals surface area contributed by atoms with Crippen molar-refractivity contribution in [1.82, 2.24) is 19.9 Å². The maximum atomic E-state index is 12.0. The molecule has 4 aromatic rings. The van der Waals surface area contributed by atoms with Gasteiger partial charge in [-0.15, -0.1) is 5.10 Å². The molecule has 8 heteroatoms. The number of aromatic nitrogens is 4. The number of rotatable bonds is 3. The number of hydrogen-bond acceptors (Lipinski definition) is 7. The Morgan fingerprint density at radius 1 is 1.29 bits per heavy atom. The molecule has 0 spiro atoms. The van der Waals surface area contributed by atoms with Crippen molar-refractivity contribution in [3.05, 3.63) is 42.2 Å². The average molecular weight is 379 g/mol. The summed E-state index contributed by atoms with van der Waals surface area (Å²) in [6, 6.07) is 9.26. The third-order valence-corrected chi connectivity index (χ3v) is 4.29. The molecule has 0 atom stereocenters. The van der Waals surface area contributed by atoms with E-state index >= 15 is 0 Å². The van der Waals surface area contributed by atoms with E-state index in [0.29, 0.717) is 22.4 Å². The van der Waals surface area contributed by atoms with Gasteiger partial charge in [-0.3, -0.25) is 4.98 Å². The smallest absolute Gasteiger partial charge is 0.435 e. The van der Waals surface area contributed by atoms with Crippen LogP contribution in [0, 0.1) is 5.41 Å². The third kappa shape index (κ3) is 3.28. The van der Waals surface area contributed by atoms with Crippen molar-refractivity contribution in [1.29, 1.82) is 0 Å². The van der Waals surface area contributed by atoms with E-state index in [0.717, 1.165) is 23.2 Å². The van der Waals surface area contributed by atoms with Crippen molar-refractivity contribution in [3.63, 3.8) is 0 Å². The van der Waals surface area contributed by atoms with Crippen molar-refractivity contribution in [2.45, 2.75) is 27.2 Å². The summed E-state index contributed by atoms with van der Waals surface area (Å²) in [6.45, 7) is 6.50. The number of hydrogen-bond donors (Lipinski definition) is 1. The number of carbonyl (C=O) groups excluding carboxylic acids is 1. The molecule has 1 aromatic carbocycles. The molecule has 0 saturated carbocycles. The van der Waals surface area contributed by atoms with Gasteiger partial charge >= 0.3 is 6.09 Å². The lowest BCUT2D eigenvalue weighted by atomic mass is 9.89. The first kappa shape index (κ1) is 18.0. The maximum Gasteiger partial charge on any atom is 0.435 e. The molecule has 3 aromatic heterocycles. The SMILES string of the molecule is COC(=O)n1nc(Nc2ccc3c(CC(C)(C)C)noc3c2)c2ncccc21. The Morgan fingerprint density at radius 2 is 2.11 bits per heavy atom. The second kappa shape index (κ2) is 6.63. The van der Waals surface area contributed by atoms with Crippen LogP contribution in [-0.2, 0) is 11.2 Å². The van der Waals surface area contributed by atoms with E-state index < -0.39 is 6.09 Å². The molecule has 3 heterocycles. The lowest BCUT2D eigenvalue weighted by Crippen LogP contribution is -2.12. The molecule has 0 unspecified atom stereocenters. The quantitative estimate of drug-likeness (QED) is 0.559. The van der Waals surface area contributed by atoms with Gasteiger partial charge in [-0.1, -0.05) is 25.9 Å². The van der Waals surface area contributed by atoms with E-state index in [-0.39, 0.29) is 5.41 Å². The number of fused-ring (bicyclic) bond motifs is 2. The molecule has 0 radical (unpaired) electrons. The van der Waals surface area contributed by atoms with E-state index in [1.54, 1.807) is 18.3 Å².